The zero-order valence-corrected chi connectivity index (χ0v) is 14.5. The van der Waals surface area contributed by atoms with Gasteiger partial charge in [-0.3, -0.25) is 4.90 Å². The van der Waals surface area contributed by atoms with Gasteiger partial charge in [0.2, 0.25) is 5.89 Å². The number of rotatable bonds is 8. The Labute approximate surface area is 138 Å². The van der Waals surface area contributed by atoms with E-state index in [1.807, 2.05) is 0 Å². The molecule has 1 aliphatic rings. The molecule has 0 aliphatic heterocycles. The first-order chi connectivity index (χ1) is 11.2. The molecule has 4 nitrogen and oxygen atoms in total. The maximum atomic E-state index is 5.45. The molecule has 0 spiro atoms. The molecule has 0 bridgehead atoms. The van der Waals surface area contributed by atoms with Crippen molar-refractivity contribution in [3.05, 3.63) is 46.6 Å². The third kappa shape index (κ3) is 4.41. The molecule has 124 valence electrons. The van der Waals surface area contributed by atoms with E-state index in [-0.39, 0.29) is 0 Å². The Balaban J connectivity index is 1.64. The van der Waals surface area contributed by atoms with Gasteiger partial charge >= 0.3 is 0 Å². The second kappa shape index (κ2) is 7.26. The molecule has 0 N–H and O–H groups in total. The molecule has 0 amide bonds. The number of nitrogens with zero attached hydrogens (tertiary/aromatic N) is 3. The molecular formula is C19H27N3O. The summed E-state index contributed by atoms with van der Waals surface area (Å²) >= 11 is 0. The largest absolute Gasteiger partial charge is 0.338 e. The predicted molar refractivity (Wildman–Crippen MR) is 91.1 cm³/mol. The van der Waals surface area contributed by atoms with Crippen LogP contribution >= 0.6 is 0 Å². The van der Waals surface area contributed by atoms with E-state index in [1.54, 1.807) is 0 Å². The van der Waals surface area contributed by atoms with Crippen molar-refractivity contribution >= 4 is 0 Å². The van der Waals surface area contributed by atoms with Gasteiger partial charge in [0.15, 0.2) is 5.82 Å². The fourth-order valence-electron chi connectivity index (χ4n) is 2.85. The van der Waals surface area contributed by atoms with Crippen LogP contribution in [0.15, 0.2) is 22.7 Å². The van der Waals surface area contributed by atoms with Crippen LogP contribution in [0.3, 0.4) is 0 Å². The average Bonchev–Trinajstić information content (AvgIpc) is 3.29. The van der Waals surface area contributed by atoms with Crippen LogP contribution in [0, 0.1) is 13.8 Å². The summed E-state index contributed by atoms with van der Waals surface area (Å²) < 4.78 is 5.45. The fourth-order valence-corrected chi connectivity index (χ4v) is 2.85. The average molecular weight is 313 g/mol. The van der Waals surface area contributed by atoms with Crippen molar-refractivity contribution in [2.24, 2.45) is 0 Å². The molecular weight excluding hydrogens is 286 g/mol. The summed E-state index contributed by atoms with van der Waals surface area (Å²) in [5.74, 6) is 1.61. The lowest BCUT2D eigenvalue weighted by molar-refractivity contribution is 0.209. The fraction of sp³-hybridized carbons (Fsp3) is 0.579. The van der Waals surface area contributed by atoms with E-state index in [4.69, 9.17) is 4.52 Å². The Morgan fingerprint density at radius 2 is 2.00 bits per heavy atom. The summed E-state index contributed by atoms with van der Waals surface area (Å²) in [5.41, 5.74) is 4.08. The van der Waals surface area contributed by atoms with Gasteiger partial charge < -0.3 is 4.52 Å². The molecule has 1 heterocycles. The molecule has 3 rings (SSSR count). The van der Waals surface area contributed by atoms with Crippen LogP contribution in [0.5, 0.6) is 0 Å². The number of aryl methyl sites for hydroxylation is 3. The van der Waals surface area contributed by atoms with Crippen molar-refractivity contribution in [1.82, 2.24) is 15.0 Å². The highest BCUT2D eigenvalue weighted by atomic mass is 16.5. The lowest BCUT2D eigenvalue weighted by atomic mass is 10.1. The minimum atomic E-state index is 0.669. The summed E-state index contributed by atoms with van der Waals surface area (Å²) in [5, 5.41) is 4.11. The second-order valence-electron chi connectivity index (χ2n) is 6.76. The highest BCUT2D eigenvalue weighted by molar-refractivity contribution is 5.30. The Bertz CT molecular complexity index is 646. The van der Waals surface area contributed by atoms with Crippen LogP contribution in [-0.4, -0.2) is 21.1 Å². The number of aromatic nitrogens is 2. The summed E-state index contributed by atoms with van der Waals surface area (Å²) in [7, 11) is 0. The zero-order valence-electron chi connectivity index (χ0n) is 14.5. The minimum absolute atomic E-state index is 0.669. The van der Waals surface area contributed by atoms with Crippen molar-refractivity contribution < 1.29 is 4.52 Å². The SMILES string of the molecule is CCCCc1noc(CN(Cc2ccc(C)c(C)c2)C2CC2)n1. The first kappa shape index (κ1) is 16.2. The van der Waals surface area contributed by atoms with Gasteiger partial charge in [-0.2, -0.15) is 4.98 Å². The standard InChI is InChI=1S/C19H27N3O/c1-4-5-6-18-20-19(23-21-18)13-22(17-9-10-17)12-16-8-7-14(2)15(3)11-16/h7-8,11,17H,4-6,9-10,12-13H2,1-3H3. The quantitative estimate of drug-likeness (QED) is 0.732. The molecule has 4 heteroatoms. The van der Waals surface area contributed by atoms with E-state index in [0.29, 0.717) is 6.04 Å². The first-order valence-electron chi connectivity index (χ1n) is 8.77. The third-order valence-electron chi connectivity index (χ3n) is 4.62. The van der Waals surface area contributed by atoms with E-state index in [9.17, 15) is 0 Å². The Kier molecular flexibility index (Phi) is 5.11. The smallest absolute Gasteiger partial charge is 0.240 e. The molecule has 1 aromatic heterocycles. The van der Waals surface area contributed by atoms with Gasteiger partial charge in [-0.1, -0.05) is 36.7 Å². The van der Waals surface area contributed by atoms with E-state index in [1.165, 1.54) is 29.5 Å². The molecule has 1 fully saturated rings. The molecule has 1 saturated carbocycles. The third-order valence-corrected chi connectivity index (χ3v) is 4.62. The molecule has 1 aromatic carbocycles. The minimum Gasteiger partial charge on any atom is -0.338 e. The molecule has 0 saturated heterocycles. The normalized spacial score (nSPS) is 14.6. The zero-order chi connectivity index (χ0) is 16.2. The summed E-state index contributed by atoms with van der Waals surface area (Å²) in [6.07, 6.45) is 5.75. The Hall–Kier alpha value is -1.68. The van der Waals surface area contributed by atoms with Crippen molar-refractivity contribution in [2.75, 3.05) is 0 Å². The van der Waals surface area contributed by atoms with Gasteiger partial charge in [-0.25, -0.2) is 0 Å². The molecule has 2 aromatic rings. The van der Waals surface area contributed by atoms with Crippen molar-refractivity contribution in [3.63, 3.8) is 0 Å². The van der Waals surface area contributed by atoms with Gasteiger partial charge in [0.05, 0.1) is 6.54 Å². The van der Waals surface area contributed by atoms with Crippen LogP contribution in [0.1, 0.15) is 61.0 Å². The van der Waals surface area contributed by atoms with Crippen LogP contribution in [-0.2, 0) is 19.5 Å². The van der Waals surface area contributed by atoms with Gasteiger partial charge in [-0.15, -0.1) is 0 Å². The van der Waals surface area contributed by atoms with E-state index < -0.39 is 0 Å². The molecule has 1 aliphatic carbocycles. The monoisotopic (exact) mass is 313 g/mol. The van der Waals surface area contributed by atoms with Crippen molar-refractivity contribution in [1.29, 1.82) is 0 Å². The van der Waals surface area contributed by atoms with Gasteiger partial charge in [0, 0.05) is 19.0 Å². The first-order valence-corrected chi connectivity index (χ1v) is 8.77. The van der Waals surface area contributed by atoms with E-state index >= 15 is 0 Å². The van der Waals surface area contributed by atoms with Gasteiger partial charge in [0.1, 0.15) is 0 Å². The lowest BCUT2D eigenvalue weighted by Gasteiger charge is -2.20. The highest BCUT2D eigenvalue weighted by Gasteiger charge is 2.30. The highest BCUT2D eigenvalue weighted by Crippen LogP contribution is 2.30. The second-order valence-corrected chi connectivity index (χ2v) is 6.76. The Morgan fingerprint density at radius 3 is 2.70 bits per heavy atom. The summed E-state index contributed by atoms with van der Waals surface area (Å²) in [6.45, 7) is 8.24. The number of unbranched alkanes of at least 4 members (excludes halogenated alkanes) is 1. The van der Waals surface area contributed by atoms with Crippen molar-refractivity contribution in [2.45, 2.75) is 72.0 Å². The van der Waals surface area contributed by atoms with Crippen LogP contribution in [0.2, 0.25) is 0 Å². The number of hydrogen-bond acceptors (Lipinski definition) is 4. The number of benzene rings is 1. The van der Waals surface area contributed by atoms with Crippen LogP contribution < -0.4 is 0 Å². The molecule has 0 unspecified atom stereocenters. The van der Waals surface area contributed by atoms with E-state index in [0.717, 1.165) is 44.1 Å². The number of hydrogen-bond donors (Lipinski definition) is 0. The lowest BCUT2D eigenvalue weighted by Crippen LogP contribution is -2.25. The van der Waals surface area contributed by atoms with Gasteiger partial charge in [0.25, 0.3) is 0 Å². The predicted octanol–water partition coefficient (Wildman–Crippen LogP) is 4.19. The topological polar surface area (TPSA) is 42.2 Å². The molecule has 23 heavy (non-hydrogen) atoms. The summed E-state index contributed by atoms with van der Waals surface area (Å²) in [6, 6.07) is 7.41. The Morgan fingerprint density at radius 1 is 1.17 bits per heavy atom. The van der Waals surface area contributed by atoms with E-state index in [2.05, 4.69) is 54.0 Å². The molecule has 0 radical (unpaired) electrons. The summed E-state index contributed by atoms with van der Waals surface area (Å²) in [4.78, 5) is 7.03. The van der Waals surface area contributed by atoms with Crippen LogP contribution in [0.4, 0.5) is 0 Å². The van der Waals surface area contributed by atoms with Crippen molar-refractivity contribution in [3.8, 4) is 0 Å². The van der Waals surface area contributed by atoms with Crippen LogP contribution in [0.25, 0.3) is 0 Å². The molecule has 0 atom stereocenters. The maximum Gasteiger partial charge on any atom is 0.240 e. The van der Waals surface area contributed by atoms with Gasteiger partial charge in [-0.05, 0) is 49.8 Å². The maximum absolute atomic E-state index is 5.45.